The van der Waals surface area contributed by atoms with Crippen molar-refractivity contribution < 1.29 is 14.3 Å². The van der Waals surface area contributed by atoms with Crippen LogP contribution >= 0.6 is 27.7 Å². The van der Waals surface area contributed by atoms with Crippen LogP contribution in [0.25, 0.3) is 0 Å². The first-order valence-corrected chi connectivity index (χ1v) is 7.20. The second kappa shape index (κ2) is 5.88. The van der Waals surface area contributed by atoms with Gasteiger partial charge in [0.05, 0.1) is 5.56 Å². The molecule has 0 radical (unpaired) electrons. The molecule has 0 aromatic carbocycles. The molecule has 104 valence electrons. The van der Waals surface area contributed by atoms with Gasteiger partial charge in [0, 0.05) is 16.4 Å². The Bertz CT molecular complexity index is 694. The van der Waals surface area contributed by atoms with Crippen LogP contribution in [0.5, 0.6) is 0 Å². The smallest absolute Gasteiger partial charge is 0.338 e. The van der Waals surface area contributed by atoms with Gasteiger partial charge in [0.2, 0.25) is 0 Å². The molecule has 2 aromatic rings. The molecule has 0 amide bonds. The van der Waals surface area contributed by atoms with Gasteiger partial charge in [0.25, 0.3) is 0 Å². The maximum atomic E-state index is 13.8. The van der Waals surface area contributed by atoms with E-state index >= 15 is 0 Å². The number of hydrogen-bond acceptors (Lipinski definition) is 4. The van der Waals surface area contributed by atoms with Crippen molar-refractivity contribution in [2.45, 2.75) is 23.9 Å². The average molecular weight is 357 g/mol. The first-order valence-electron chi connectivity index (χ1n) is 5.59. The van der Waals surface area contributed by atoms with Crippen LogP contribution < -0.4 is 0 Å². The number of nitrogens with zero attached hydrogens (tertiary/aromatic N) is 2. The van der Waals surface area contributed by atoms with Gasteiger partial charge in [0.15, 0.2) is 5.82 Å². The van der Waals surface area contributed by atoms with Gasteiger partial charge in [-0.25, -0.2) is 19.2 Å². The van der Waals surface area contributed by atoms with Crippen LogP contribution in [0.3, 0.4) is 0 Å². The fourth-order valence-electron chi connectivity index (χ4n) is 1.71. The minimum Gasteiger partial charge on any atom is -0.478 e. The van der Waals surface area contributed by atoms with Crippen molar-refractivity contribution >= 4 is 33.7 Å². The van der Waals surface area contributed by atoms with Gasteiger partial charge in [0.1, 0.15) is 10.1 Å². The molecule has 2 heterocycles. The number of pyridine rings is 2. The van der Waals surface area contributed by atoms with Gasteiger partial charge >= 0.3 is 5.97 Å². The summed E-state index contributed by atoms with van der Waals surface area (Å²) in [5.74, 6) is -1.61. The van der Waals surface area contributed by atoms with Crippen molar-refractivity contribution in [2.75, 3.05) is 0 Å². The molecule has 0 fully saturated rings. The number of rotatable bonds is 3. The molecule has 0 unspecified atom stereocenters. The molecule has 4 nitrogen and oxygen atoms in total. The quantitative estimate of drug-likeness (QED) is 0.904. The Kier molecular flexibility index (Phi) is 4.39. The van der Waals surface area contributed by atoms with Gasteiger partial charge in [-0.15, -0.1) is 0 Å². The summed E-state index contributed by atoms with van der Waals surface area (Å²) >= 11 is 4.03. The molecule has 0 spiro atoms. The lowest BCUT2D eigenvalue weighted by molar-refractivity contribution is 0.0691. The van der Waals surface area contributed by atoms with Crippen molar-refractivity contribution in [1.29, 1.82) is 0 Å². The van der Waals surface area contributed by atoms with Crippen molar-refractivity contribution in [3.8, 4) is 0 Å². The van der Waals surface area contributed by atoms with Crippen LogP contribution in [-0.4, -0.2) is 21.0 Å². The highest BCUT2D eigenvalue weighted by Gasteiger charge is 2.18. The predicted octanol–water partition coefficient (Wildman–Crippen LogP) is 3.84. The third-order valence-electron chi connectivity index (χ3n) is 2.49. The van der Waals surface area contributed by atoms with Crippen LogP contribution in [0, 0.1) is 19.7 Å². The van der Waals surface area contributed by atoms with E-state index in [4.69, 9.17) is 0 Å². The Morgan fingerprint density at radius 2 is 2.05 bits per heavy atom. The Morgan fingerprint density at radius 3 is 2.65 bits per heavy atom. The molecular formula is C13H10BrFN2O2S. The van der Waals surface area contributed by atoms with E-state index in [1.165, 1.54) is 12.3 Å². The summed E-state index contributed by atoms with van der Waals surface area (Å²) in [5, 5.41) is 9.58. The van der Waals surface area contributed by atoms with Gasteiger partial charge in [-0.2, -0.15) is 0 Å². The number of aromatic carboxylic acids is 1. The monoisotopic (exact) mass is 356 g/mol. The minimum atomic E-state index is -1.09. The number of carboxylic acids is 1. The Labute approximate surface area is 127 Å². The molecule has 2 rings (SSSR count). The highest BCUT2D eigenvalue weighted by Crippen LogP contribution is 2.32. The summed E-state index contributed by atoms with van der Waals surface area (Å²) in [6.45, 7) is 3.45. The molecule has 20 heavy (non-hydrogen) atoms. The molecule has 0 atom stereocenters. The Balaban J connectivity index is 2.50. The molecule has 0 aliphatic heterocycles. The van der Waals surface area contributed by atoms with Crippen molar-refractivity contribution in [1.82, 2.24) is 9.97 Å². The van der Waals surface area contributed by atoms with E-state index in [1.807, 2.05) is 0 Å². The summed E-state index contributed by atoms with van der Waals surface area (Å²) in [4.78, 5) is 19.4. The van der Waals surface area contributed by atoms with Crippen LogP contribution in [0.2, 0.25) is 0 Å². The topological polar surface area (TPSA) is 63.1 Å². The van der Waals surface area contributed by atoms with E-state index in [2.05, 4.69) is 25.9 Å². The van der Waals surface area contributed by atoms with E-state index < -0.39 is 11.8 Å². The maximum absolute atomic E-state index is 13.8. The lowest BCUT2D eigenvalue weighted by Gasteiger charge is -2.09. The van der Waals surface area contributed by atoms with E-state index in [9.17, 15) is 14.3 Å². The standard InChI is InChI=1S/C13H10BrFN2O2S/c1-6-3-7(2)17-12(10(6)13(18)19)20-11-9(15)4-8(14)5-16-11/h3-5H,1-2H3,(H,18,19). The lowest BCUT2D eigenvalue weighted by Crippen LogP contribution is -2.05. The summed E-state index contributed by atoms with van der Waals surface area (Å²) in [7, 11) is 0. The zero-order valence-electron chi connectivity index (χ0n) is 10.6. The molecule has 0 bridgehead atoms. The van der Waals surface area contributed by atoms with Gasteiger partial charge in [-0.3, -0.25) is 0 Å². The molecule has 7 heteroatoms. The number of aryl methyl sites for hydroxylation is 2. The number of halogens is 2. The zero-order valence-corrected chi connectivity index (χ0v) is 13.0. The molecular weight excluding hydrogens is 347 g/mol. The fourth-order valence-corrected chi connectivity index (χ4v) is 2.99. The second-order valence-corrected chi connectivity index (χ2v) is 6.00. The normalized spacial score (nSPS) is 10.6. The first-order chi connectivity index (χ1) is 9.38. The fraction of sp³-hybridized carbons (Fsp3) is 0.154. The van der Waals surface area contributed by atoms with Crippen LogP contribution in [0.4, 0.5) is 4.39 Å². The summed E-state index contributed by atoms with van der Waals surface area (Å²) in [5.41, 5.74) is 1.34. The molecule has 1 N–H and O–H groups in total. The van der Waals surface area contributed by atoms with E-state index in [0.717, 1.165) is 11.8 Å². The summed E-state index contributed by atoms with van der Waals surface area (Å²) in [6, 6.07) is 2.96. The first kappa shape index (κ1) is 14.9. The maximum Gasteiger partial charge on any atom is 0.338 e. The number of aromatic nitrogens is 2. The zero-order chi connectivity index (χ0) is 14.9. The highest BCUT2D eigenvalue weighted by molar-refractivity contribution is 9.10. The SMILES string of the molecule is Cc1cc(C)c(C(=O)O)c(Sc2ncc(Br)cc2F)n1. The largest absolute Gasteiger partial charge is 0.478 e. The number of carboxylic acid groups (broad SMARTS) is 1. The second-order valence-electron chi connectivity index (χ2n) is 4.11. The van der Waals surface area contributed by atoms with Gasteiger partial charge in [-0.05, 0) is 59.2 Å². The minimum absolute atomic E-state index is 0.0738. The predicted molar refractivity (Wildman–Crippen MR) is 76.7 cm³/mol. The summed E-state index contributed by atoms with van der Waals surface area (Å²) in [6.07, 6.45) is 1.45. The van der Waals surface area contributed by atoms with Crippen LogP contribution in [0.15, 0.2) is 32.9 Å². The Morgan fingerprint density at radius 1 is 1.35 bits per heavy atom. The van der Waals surface area contributed by atoms with E-state index in [1.54, 1.807) is 19.9 Å². The molecule has 0 aliphatic rings. The van der Waals surface area contributed by atoms with Gasteiger partial charge < -0.3 is 5.11 Å². The number of hydrogen-bond donors (Lipinski definition) is 1. The molecule has 0 aliphatic carbocycles. The summed E-state index contributed by atoms with van der Waals surface area (Å²) < 4.78 is 14.3. The highest BCUT2D eigenvalue weighted by atomic mass is 79.9. The van der Waals surface area contributed by atoms with E-state index in [-0.39, 0.29) is 15.6 Å². The van der Waals surface area contributed by atoms with Gasteiger partial charge in [-0.1, -0.05) is 0 Å². The van der Waals surface area contributed by atoms with Crippen molar-refractivity contribution in [3.05, 3.63) is 45.4 Å². The molecule has 0 saturated carbocycles. The molecule has 2 aromatic heterocycles. The lowest BCUT2D eigenvalue weighted by atomic mass is 10.1. The molecule has 0 saturated heterocycles. The van der Waals surface area contributed by atoms with E-state index in [0.29, 0.717) is 15.7 Å². The third kappa shape index (κ3) is 3.16. The van der Waals surface area contributed by atoms with Crippen LogP contribution in [0.1, 0.15) is 21.6 Å². The Hall–Kier alpha value is -1.47. The average Bonchev–Trinajstić information content (AvgIpc) is 2.31. The third-order valence-corrected chi connectivity index (χ3v) is 3.91. The number of carbonyl (C=O) groups is 1. The van der Waals surface area contributed by atoms with Crippen molar-refractivity contribution in [2.24, 2.45) is 0 Å². The van der Waals surface area contributed by atoms with Crippen LogP contribution in [-0.2, 0) is 0 Å². The van der Waals surface area contributed by atoms with Crippen molar-refractivity contribution in [3.63, 3.8) is 0 Å².